The molecule has 2 unspecified atom stereocenters. The second-order valence-corrected chi connectivity index (χ2v) is 7.67. The molecule has 1 aliphatic rings. The van der Waals surface area contributed by atoms with E-state index in [1.165, 1.54) is 0 Å². The summed E-state index contributed by atoms with van der Waals surface area (Å²) in [6, 6.07) is 0. The summed E-state index contributed by atoms with van der Waals surface area (Å²) in [5.41, 5.74) is -1.32. The van der Waals surface area contributed by atoms with Gasteiger partial charge in [0.1, 0.15) is 5.54 Å². The number of carboxylic acids is 1. The van der Waals surface area contributed by atoms with Gasteiger partial charge in [-0.1, -0.05) is 13.8 Å². The maximum absolute atomic E-state index is 11.8. The van der Waals surface area contributed by atoms with Crippen molar-refractivity contribution >= 4 is 15.8 Å². The summed E-state index contributed by atoms with van der Waals surface area (Å²) < 4.78 is 23.7. The van der Waals surface area contributed by atoms with Crippen molar-refractivity contribution in [2.45, 2.75) is 43.9 Å². The van der Waals surface area contributed by atoms with Crippen molar-refractivity contribution in [3.8, 4) is 0 Å². The summed E-state index contributed by atoms with van der Waals surface area (Å²) in [6.45, 7) is 7.09. The van der Waals surface area contributed by atoms with E-state index in [2.05, 4.69) is 10.2 Å². The van der Waals surface area contributed by atoms with Crippen molar-refractivity contribution < 1.29 is 18.3 Å². The van der Waals surface area contributed by atoms with Gasteiger partial charge in [-0.05, 0) is 32.4 Å². The molecule has 0 aliphatic heterocycles. The smallest absolute Gasteiger partial charge is 0.325 e. The van der Waals surface area contributed by atoms with Gasteiger partial charge in [0, 0.05) is 19.3 Å². The number of aliphatic carboxylic acids is 1. The molecule has 0 aromatic rings. The van der Waals surface area contributed by atoms with Crippen LogP contribution in [0.15, 0.2) is 0 Å². The van der Waals surface area contributed by atoms with Crippen molar-refractivity contribution in [2.75, 3.05) is 32.4 Å². The predicted octanol–water partition coefficient (Wildman–Crippen LogP) is 0.338. The van der Waals surface area contributed by atoms with Crippen LogP contribution in [0.1, 0.15) is 33.1 Å². The minimum Gasteiger partial charge on any atom is -0.480 e. The molecule has 0 heterocycles. The third kappa shape index (κ3) is 3.71. The molecule has 0 aromatic heterocycles. The first kappa shape index (κ1) is 17.4. The Labute approximate surface area is 121 Å². The van der Waals surface area contributed by atoms with Crippen molar-refractivity contribution in [3.63, 3.8) is 0 Å². The molecule has 1 fully saturated rings. The minimum absolute atomic E-state index is 0.373. The van der Waals surface area contributed by atoms with Gasteiger partial charge in [-0.3, -0.25) is 10.1 Å². The fourth-order valence-corrected chi connectivity index (χ4v) is 4.68. The van der Waals surface area contributed by atoms with Crippen LogP contribution in [0.25, 0.3) is 0 Å². The van der Waals surface area contributed by atoms with Crippen LogP contribution >= 0.6 is 0 Å². The average molecular weight is 306 g/mol. The SMILES string of the molecule is CCN(CC)CCNC1(C(=O)O)CCCC1S(C)(=O)=O. The molecule has 118 valence electrons. The third-order valence-electron chi connectivity index (χ3n) is 4.25. The highest BCUT2D eigenvalue weighted by molar-refractivity contribution is 7.91. The number of hydrogen-bond acceptors (Lipinski definition) is 5. The highest BCUT2D eigenvalue weighted by Gasteiger charge is 2.53. The lowest BCUT2D eigenvalue weighted by Crippen LogP contribution is -2.60. The van der Waals surface area contributed by atoms with Gasteiger partial charge >= 0.3 is 5.97 Å². The lowest BCUT2D eigenvalue weighted by atomic mass is 9.97. The minimum atomic E-state index is -3.37. The normalized spacial score (nSPS) is 27.1. The lowest BCUT2D eigenvalue weighted by Gasteiger charge is -2.32. The number of nitrogens with one attached hydrogen (secondary N) is 1. The van der Waals surface area contributed by atoms with E-state index in [1.807, 2.05) is 13.8 Å². The summed E-state index contributed by atoms with van der Waals surface area (Å²) in [4.78, 5) is 13.8. The zero-order chi connectivity index (χ0) is 15.4. The van der Waals surface area contributed by atoms with Crippen LogP contribution in [0.3, 0.4) is 0 Å². The molecule has 6 nitrogen and oxygen atoms in total. The van der Waals surface area contributed by atoms with Gasteiger partial charge in [0.25, 0.3) is 0 Å². The second-order valence-electron chi connectivity index (χ2n) is 5.44. The molecule has 0 aromatic carbocycles. The van der Waals surface area contributed by atoms with E-state index in [0.717, 1.165) is 25.9 Å². The molecule has 2 N–H and O–H groups in total. The fraction of sp³-hybridized carbons (Fsp3) is 0.923. The monoisotopic (exact) mass is 306 g/mol. The van der Waals surface area contributed by atoms with Gasteiger partial charge in [-0.25, -0.2) is 8.42 Å². The van der Waals surface area contributed by atoms with Crippen molar-refractivity contribution in [3.05, 3.63) is 0 Å². The summed E-state index contributed by atoms with van der Waals surface area (Å²) in [5, 5.41) is 11.7. The molecule has 0 spiro atoms. The second kappa shape index (κ2) is 6.87. The number of sulfone groups is 1. The topological polar surface area (TPSA) is 86.7 Å². The van der Waals surface area contributed by atoms with E-state index in [9.17, 15) is 18.3 Å². The molecule has 2 atom stereocenters. The van der Waals surface area contributed by atoms with E-state index >= 15 is 0 Å². The fourth-order valence-electron chi connectivity index (χ4n) is 3.05. The van der Waals surface area contributed by atoms with Crippen LogP contribution < -0.4 is 5.32 Å². The van der Waals surface area contributed by atoms with E-state index in [1.54, 1.807) is 0 Å². The Kier molecular flexibility index (Phi) is 5.97. The number of rotatable bonds is 8. The number of carboxylic acid groups (broad SMARTS) is 1. The van der Waals surface area contributed by atoms with Crippen LogP contribution in [-0.4, -0.2) is 67.6 Å². The number of likely N-dealkylation sites (N-methyl/N-ethyl adjacent to an activating group) is 1. The zero-order valence-corrected chi connectivity index (χ0v) is 13.4. The van der Waals surface area contributed by atoms with Crippen LogP contribution in [0.2, 0.25) is 0 Å². The van der Waals surface area contributed by atoms with Crippen LogP contribution in [0.5, 0.6) is 0 Å². The number of carbonyl (C=O) groups is 1. The quantitative estimate of drug-likeness (QED) is 0.672. The molecule has 7 heteroatoms. The molecule has 0 radical (unpaired) electrons. The standard InChI is InChI=1S/C13H26N2O4S/c1-4-15(5-2)10-9-14-13(12(16)17)8-6-7-11(13)20(3,18)19/h11,14H,4-10H2,1-3H3,(H,16,17). The first-order valence-corrected chi connectivity index (χ1v) is 9.13. The highest BCUT2D eigenvalue weighted by Crippen LogP contribution is 2.35. The maximum atomic E-state index is 11.8. The molecule has 1 aliphatic carbocycles. The number of hydrogen-bond donors (Lipinski definition) is 2. The van der Waals surface area contributed by atoms with Gasteiger partial charge in [0.15, 0.2) is 9.84 Å². The molecule has 0 bridgehead atoms. The summed E-state index contributed by atoms with van der Waals surface area (Å²) in [6.07, 6.45) is 2.55. The highest BCUT2D eigenvalue weighted by atomic mass is 32.2. The van der Waals surface area contributed by atoms with Gasteiger partial charge in [-0.15, -0.1) is 0 Å². The average Bonchev–Trinajstić information content (AvgIpc) is 2.80. The van der Waals surface area contributed by atoms with Crippen molar-refractivity contribution in [1.82, 2.24) is 10.2 Å². The van der Waals surface area contributed by atoms with Gasteiger partial charge in [-0.2, -0.15) is 0 Å². The van der Waals surface area contributed by atoms with Crippen LogP contribution in [-0.2, 0) is 14.6 Å². The first-order chi connectivity index (χ1) is 9.28. The Morgan fingerprint density at radius 3 is 2.45 bits per heavy atom. The van der Waals surface area contributed by atoms with E-state index in [0.29, 0.717) is 25.8 Å². The number of nitrogens with zero attached hydrogens (tertiary/aromatic N) is 1. The van der Waals surface area contributed by atoms with Crippen molar-refractivity contribution in [1.29, 1.82) is 0 Å². The van der Waals surface area contributed by atoms with E-state index in [-0.39, 0.29) is 0 Å². The maximum Gasteiger partial charge on any atom is 0.325 e. The van der Waals surface area contributed by atoms with Crippen LogP contribution in [0.4, 0.5) is 0 Å². The predicted molar refractivity (Wildman–Crippen MR) is 78.6 cm³/mol. The Bertz CT molecular complexity index is 434. The van der Waals surface area contributed by atoms with Gasteiger partial charge < -0.3 is 10.0 Å². The summed E-state index contributed by atoms with van der Waals surface area (Å²) in [5.74, 6) is -1.05. The van der Waals surface area contributed by atoms with E-state index in [4.69, 9.17) is 0 Å². The Morgan fingerprint density at radius 2 is 2.00 bits per heavy atom. The van der Waals surface area contributed by atoms with Crippen LogP contribution in [0, 0.1) is 0 Å². The van der Waals surface area contributed by atoms with Gasteiger partial charge in [0.2, 0.25) is 0 Å². The summed E-state index contributed by atoms with van der Waals surface area (Å²) >= 11 is 0. The largest absolute Gasteiger partial charge is 0.480 e. The third-order valence-corrected chi connectivity index (χ3v) is 5.92. The molecule has 1 rings (SSSR count). The molecule has 0 saturated heterocycles. The Hall–Kier alpha value is -0.660. The summed E-state index contributed by atoms with van der Waals surface area (Å²) in [7, 11) is -3.37. The molecular formula is C13H26N2O4S. The van der Waals surface area contributed by atoms with E-state index < -0.39 is 26.6 Å². The molecule has 20 heavy (non-hydrogen) atoms. The van der Waals surface area contributed by atoms with Crippen molar-refractivity contribution in [2.24, 2.45) is 0 Å². The first-order valence-electron chi connectivity index (χ1n) is 7.17. The Morgan fingerprint density at radius 1 is 1.40 bits per heavy atom. The molecule has 0 amide bonds. The Balaban J connectivity index is 2.80. The molecule has 1 saturated carbocycles. The molecular weight excluding hydrogens is 280 g/mol. The lowest BCUT2D eigenvalue weighted by molar-refractivity contribution is -0.144. The van der Waals surface area contributed by atoms with Gasteiger partial charge in [0.05, 0.1) is 5.25 Å². The zero-order valence-electron chi connectivity index (χ0n) is 12.6.